The highest BCUT2D eigenvalue weighted by Gasteiger charge is 2.19. The van der Waals surface area contributed by atoms with E-state index >= 15 is 0 Å². The maximum absolute atomic E-state index is 9.87. The SMILES string of the molecule is CC(C)(O)c1cc2cnsc2cc1N. The summed E-state index contributed by atoms with van der Waals surface area (Å²) in [6, 6.07) is 3.76. The number of hydrogen-bond acceptors (Lipinski definition) is 4. The molecule has 0 atom stereocenters. The van der Waals surface area contributed by atoms with Crippen molar-refractivity contribution < 1.29 is 5.11 Å². The molecule has 0 saturated heterocycles. The second-order valence-electron chi connectivity index (χ2n) is 3.86. The lowest BCUT2D eigenvalue weighted by atomic mass is 9.96. The zero-order chi connectivity index (χ0) is 10.3. The molecule has 3 N–H and O–H groups in total. The Labute approximate surface area is 86.3 Å². The Morgan fingerprint density at radius 1 is 1.43 bits per heavy atom. The first-order chi connectivity index (χ1) is 6.48. The number of aromatic nitrogens is 1. The molecule has 0 aliphatic rings. The average Bonchev–Trinajstić information content (AvgIpc) is 2.47. The second-order valence-corrected chi connectivity index (χ2v) is 4.70. The predicted molar refractivity (Wildman–Crippen MR) is 59.3 cm³/mol. The number of hydrogen-bond donors (Lipinski definition) is 2. The summed E-state index contributed by atoms with van der Waals surface area (Å²) in [7, 11) is 0. The molecule has 1 heterocycles. The molecule has 4 heteroatoms. The third kappa shape index (κ3) is 1.47. The number of rotatable bonds is 1. The minimum absolute atomic E-state index is 0.620. The molecule has 1 aromatic heterocycles. The molecular formula is C10H12N2OS. The Bertz CT molecular complexity index is 470. The first-order valence-electron chi connectivity index (χ1n) is 4.35. The maximum atomic E-state index is 9.87. The Morgan fingerprint density at radius 2 is 2.14 bits per heavy atom. The molecule has 0 spiro atoms. The van der Waals surface area contributed by atoms with Crippen LogP contribution < -0.4 is 5.73 Å². The third-order valence-corrected chi connectivity index (χ3v) is 2.94. The summed E-state index contributed by atoms with van der Waals surface area (Å²) in [5.74, 6) is 0. The fraction of sp³-hybridized carbons (Fsp3) is 0.300. The average molecular weight is 208 g/mol. The molecule has 0 radical (unpaired) electrons. The number of benzene rings is 1. The summed E-state index contributed by atoms with van der Waals surface area (Å²) in [5.41, 5.74) is 6.32. The lowest BCUT2D eigenvalue weighted by Gasteiger charge is -2.19. The highest BCUT2D eigenvalue weighted by Crippen LogP contribution is 2.31. The Balaban J connectivity index is 2.71. The summed E-state index contributed by atoms with van der Waals surface area (Å²) < 4.78 is 5.12. The molecule has 0 unspecified atom stereocenters. The van der Waals surface area contributed by atoms with Crippen LogP contribution >= 0.6 is 11.5 Å². The van der Waals surface area contributed by atoms with Gasteiger partial charge in [-0.3, -0.25) is 0 Å². The van der Waals surface area contributed by atoms with Gasteiger partial charge in [0.15, 0.2) is 0 Å². The van der Waals surface area contributed by atoms with Crippen molar-refractivity contribution in [1.82, 2.24) is 4.37 Å². The van der Waals surface area contributed by atoms with E-state index in [2.05, 4.69) is 4.37 Å². The zero-order valence-corrected chi connectivity index (χ0v) is 8.93. The third-order valence-electron chi connectivity index (χ3n) is 2.18. The van der Waals surface area contributed by atoms with Gasteiger partial charge in [0.05, 0.1) is 10.3 Å². The van der Waals surface area contributed by atoms with E-state index < -0.39 is 5.60 Å². The van der Waals surface area contributed by atoms with Crippen LogP contribution in [0, 0.1) is 0 Å². The maximum Gasteiger partial charge on any atom is 0.0860 e. The molecule has 2 rings (SSSR count). The smallest absolute Gasteiger partial charge is 0.0860 e. The number of anilines is 1. The van der Waals surface area contributed by atoms with Gasteiger partial charge in [-0.25, -0.2) is 0 Å². The number of nitrogens with zero attached hydrogens (tertiary/aromatic N) is 1. The normalized spacial score (nSPS) is 12.2. The lowest BCUT2D eigenvalue weighted by molar-refractivity contribution is 0.0795. The minimum Gasteiger partial charge on any atom is -0.398 e. The highest BCUT2D eigenvalue weighted by molar-refractivity contribution is 7.13. The fourth-order valence-electron chi connectivity index (χ4n) is 1.46. The van der Waals surface area contributed by atoms with Crippen LogP contribution in [0.15, 0.2) is 18.3 Å². The molecular weight excluding hydrogens is 196 g/mol. The highest BCUT2D eigenvalue weighted by atomic mass is 32.1. The number of nitrogen functional groups attached to an aromatic ring is 1. The first-order valence-corrected chi connectivity index (χ1v) is 5.12. The molecule has 0 aliphatic carbocycles. The van der Waals surface area contributed by atoms with Crippen molar-refractivity contribution in [2.45, 2.75) is 19.4 Å². The van der Waals surface area contributed by atoms with Crippen LogP contribution in [0.1, 0.15) is 19.4 Å². The number of fused-ring (bicyclic) bond motifs is 1. The predicted octanol–water partition coefficient (Wildman–Crippen LogP) is 2.11. The van der Waals surface area contributed by atoms with Gasteiger partial charge < -0.3 is 10.8 Å². The van der Waals surface area contributed by atoms with Crippen molar-refractivity contribution in [3.63, 3.8) is 0 Å². The molecule has 14 heavy (non-hydrogen) atoms. The topological polar surface area (TPSA) is 59.1 Å². The second kappa shape index (κ2) is 2.93. The molecule has 1 aromatic carbocycles. The molecule has 2 aromatic rings. The van der Waals surface area contributed by atoms with Crippen molar-refractivity contribution in [3.8, 4) is 0 Å². The Hall–Kier alpha value is -1.13. The quantitative estimate of drug-likeness (QED) is 0.706. The fourth-order valence-corrected chi connectivity index (χ4v) is 2.14. The van der Waals surface area contributed by atoms with E-state index in [0.717, 1.165) is 15.6 Å². The number of nitrogens with two attached hydrogens (primary N) is 1. The van der Waals surface area contributed by atoms with Crippen LogP contribution in [0.5, 0.6) is 0 Å². The molecule has 0 bridgehead atoms. The molecule has 3 nitrogen and oxygen atoms in total. The Kier molecular flexibility index (Phi) is 1.97. The molecule has 0 amide bonds. The van der Waals surface area contributed by atoms with Gasteiger partial charge in [0.25, 0.3) is 0 Å². The van der Waals surface area contributed by atoms with Crippen LogP contribution in [0.3, 0.4) is 0 Å². The van der Waals surface area contributed by atoms with Crippen molar-refractivity contribution in [2.24, 2.45) is 0 Å². The molecule has 74 valence electrons. The van der Waals surface area contributed by atoms with Crippen molar-refractivity contribution in [3.05, 3.63) is 23.9 Å². The first kappa shape index (κ1) is 9.43. The van der Waals surface area contributed by atoms with Crippen LogP contribution in [0.25, 0.3) is 10.1 Å². The van der Waals surface area contributed by atoms with E-state index in [1.165, 1.54) is 11.5 Å². The standard InChI is InChI=1S/C10H12N2OS/c1-10(2,13)7-3-6-5-12-14-9(6)4-8(7)11/h3-5,13H,11H2,1-2H3. The van der Waals surface area contributed by atoms with Crippen LogP contribution in [-0.4, -0.2) is 9.48 Å². The van der Waals surface area contributed by atoms with Crippen LogP contribution in [-0.2, 0) is 5.60 Å². The largest absolute Gasteiger partial charge is 0.398 e. The van der Waals surface area contributed by atoms with Gasteiger partial charge in [-0.05, 0) is 37.5 Å². The van der Waals surface area contributed by atoms with Gasteiger partial charge in [0.2, 0.25) is 0 Å². The Morgan fingerprint density at radius 3 is 2.79 bits per heavy atom. The monoisotopic (exact) mass is 208 g/mol. The minimum atomic E-state index is -0.903. The van der Waals surface area contributed by atoms with Gasteiger partial charge in [-0.2, -0.15) is 4.37 Å². The van der Waals surface area contributed by atoms with E-state index in [0.29, 0.717) is 5.69 Å². The van der Waals surface area contributed by atoms with Crippen molar-refractivity contribution in [1.29, 1.82) is 0 Å². The van der Waals surface area contributed by atoms with Crippen LogP contribution in [0.2, 0.25) is 0 Å². The van der Waals surface area contributed by atoms with E-state index in [1.54, 1.807) is 20.0 Å². The van der Waals surface area contributed by atoms with Gasteiger partial charge in [0, 0.05) is 22.8 Å². The summed E-state index contributed by atoms with van der Waals surface area (Å²) in [4.78, 5) is 0. The summed E-state index contributed by atoms with van der Waals surface area (Å²) in [6.45, 7) is 3.45. The van der Waals surface area contributed by atoms with Gasteiger partial charge >= 0.3 is 0 Å². The van der Waals surface area contributed by atoms with Gasteiger partial charge in [-0.15, -0.1) is 0 Å². The molecule has 0 saturated carbocycles. The van der Waals surface area contributed by atoms with Gasteiger partial charge in [-0.1, -0.05) is 0 Å². The zero-order valence-electron chi connectivity index (χ0n) is 8.11. The van der Waals surface area contributed by atoms with Crippen LogP contribution in [0.4, 0.5) is 5.69 Å². The van der Waals surface area contributed by atoms with E-state index in [4.69, 9.17) is 5.73 Å². The van der Waals surface area contributed by atoms with E-state index in [1.807, 2.05) is 12.1 Å². The summed E-state index contributed by atoms with van der Waals surface area (Å²) >= 11 is 1.41. The number of aliphatic hydroxyl groups is 1. The lowest BCUT2D eigenvalue weighted by Crippen LogP contribution is -2.17. The summed E-state index contributed by atoms with van der Waals surface area (Å²) in [6.07, 6.45) is 1.79. The van der Waals surface area contributed by atoms with E-state index in [9.17, 15) is 5.11 Å². The van der Waals surface area contributed by atoms with Crippen molar-refractivity contribution >= 4 is 27.3 Å². The molecule has 0 aliphatic heterocycles. The van der Waals surface area contributed by atoms with Crippen molar-refractivity contribution in [2.75, 3.05) is 5.73 Å². The summed E-state index contributed by atoms with van der Waals surface area (Å²) in [5, 5.41) is 10.9. The molecule has 0 fully saturated rings. The van der Waals surface area contributed by atoms with Gasteiger partial charge in [0.1, 0.15) is 0 Å². The van der Waals surface area contributed by atoms with E-state index in [-0.39, 0.29) is 0 Å².